The van der Waals surface area contributed by atoms with Crippen LogP contribution in [-0.4, -0.2) is 25.1 Å². The Morgan fingerprint density at radius 2 is 1.75 bits per heavy atom. The predicted molar refractivity (Wildman–Crippen MR) is 97.2 cm³/mol. The van der Waals surface area contributed by atoms with Crippen LogP contribution in [0.3, 0.4) is 0 Å². The summed E-state index contributed by atoms with van der Waals surface area (Å²) in [7, 11) is -5.64. The first-order chi connectivity index (χ1) is 12.9. The van der Waals surface area contributed by atoms with Crippen LogP contribution >= 0.6 is 0 Å². The summed E-state index contributed by atoms with van der Waals surface area (Å²) in [4.78, 5) is 0. The summed E-state index contributed by atoms with van der Waals surface area (Å²) in [5.74, 6) is 0.733. The van der Waals surface area contributed by atoms with Gasteiger partial charge in [0.15, 0.2) is 0 Å². The number of fused-ring (bicyclic) bond motifs is 5. The lowest BCUT2D eigenvalue weighted by Crippen LogP contribution is -2.50. The maximum Gasteiger partial charge on any atom is 0.534 e. The van der Waals surface area contributed by atoms with Gasteiger partial charge in [-0.25, -0.2) is 0 Å². The zero-order valence-electron chi connectivity index (χ0n) is 16.1. The summed E-state index contributed by atoms with van der Waals surface area (Å²) in [5, 5.41) is 10.0. The van der Waals surface area contributed by atoms with Crippen molar-refractivity contribution in [3.05, 3.63) is 23.5 Å². The van der Waals surface area contributed by atoms with Crippen LogP contribution in [0.15, 0.2) is 23.5 Å². The second-order valence-corrected chi connectivity index (χ2v) is 10.9. The second-order valence-electron chi connectivity index (χ2n) is 9.40. The molecule has 1 unspecified atom stereocenters. The van der Waals surface area contributed by atoms with E-state index < -0.39 is 21.0 Å². The van der Waals surface area contributed by atoms with Gasteiger partial charge in [-0.05, 0) is 74.2 Å². The Kier molecular flexibility index (Phi) is 4.51. The minimum atomic E-state index is -5.64. The maximum atomic E-state index is 12.8. The first-order valence-electron chi connectivity index (χ1n) is 9.97. The van der Waals surface area contributed by atoms with Gasteiger partial charge >= 0.3 is 15.6 Å². The molecule has 8 heteroatoms. The molecule has 0 amide bonds. The van der Waals surface area contributed by atoms with Crippen LogP contribution in [-0.2, 0) is 14.3 Å². The fourth-order valence-corrected chi connectivity index (χ4v) is 7.05. The molecule has 4 aliphatic carbocycles. The van der Waals surface area contributed by atoms with Gasteiger partial charge in [0.25, 0.3) is 0 Å². The third kappa shape index (κ3) is 2.85. The SMILES string of the molecule is C[C@]12CC[C@H](O)CC1=CCC1[C@@H]2CC[C@]2(C)C(OS(=O)(=O)C(F)(F)F)=CC[C@@H]12. The Balaban J connectivity index is 1.60. The van der Waals surface area contributed by atoms with Crippen LogP contribution in [0.25, 0.3) is 0 Å². The summed E-state index contributed by atoms with van der Waals surface area (Å²) in [6, 6.07) is 0. The number of rotatable bonds is 2. The van der Waals surface area contributed by atoms with Crippen molar-refractivity contribution >= 4 is 10.1 Å². The van der Waals surface area contributed by atoms with Crippen molar-refractivity contribution < 1.29 is 30.9 Å². The number of alkyl halides is 3. The molecular weight excluding hydrogens is 393 g/mol. The van der Waals surface area contributed by atoms with E-state index >= 15 is 0 Å². The normalized spacial score (nSPS) is 43.4. The number of aliphatic hydroxyl groups is 1. The van der Waals surface area contributed by atoms with Crippen LogP contribution in [0.2, 0.25) is 0 Å². The highest BCUT2D eigenvalue weighted by Crippen LogP contribution is 2.65. The van der Waals surface area contributed by atoms with Crippen LogP contribution in [0.4, 0.5) is 13.2 Å². The molecule has 0 aromatic carbocycles. The standard InChI is InChI=1S/C20H27F3O4S/c1-18-9-7-13(24)11-12(18)3-4-14-15-5-6-17(19(15,2)10-8-16(14)18)27-28(25,26)20(21,22)23/h3,6,13-16,24H,4-5,7-11H2,1-2H3/t13-,14?,15-,16-,18-,19-/m0/s1. The Bertz CT molecular complexity index is 831. The summed E-state index contributed by atoms with van der Waals surface area (Å²) in [6.45, 7) is 4.11. The molecule has 6 atom stereocenters. The quantitative estimate of drug-likeness (QED) is 0.401. The summed E-state index contributed by atoms with van der Waals surface area (Å²) >= 11 is 0. The highest BCUT2D eigenvalue weighted by Gasteiger charge is 2.59. The Morgan fingerprint density at radius 1 is 1.07 bits per heavy atom. The number of allylic oxidation sites excluding steroid dienone is 3. The van der Waals surface area contributed by atoms with Gasteiger partial charge in [-0.1, -0.05) is 25.5 Å². The summed E-state index contributed by atoms with van der Waals surface area (Å²) < 4.78 is 66.1. The molecular formula is C20H27F3O4S. The van der Waals surface area contributed by atoms with E-state index in [4.69, 9.17) is 0 Å². The van der Waals surface area contributed by atoms with Gasteiger partial charge in [0, 0.05) is 5.41 Å². The molecule has 4 rings (SSSR count). The maximum absolute atomic E-state index is 12.8. The van der Waals surface area contributed by atoms with Crippen molar-refractivity contribution in [3.63, 3.8) is 0 Å². The van der Waals surface area contributed by atoms with Crippen molar-refractivity contribution in [2.45, 2.75) is 70.4 Å². The van der Waals surface area contributed by atoms with Crippen LogP contribution in [0, 0.1) is 28.6 Å². The molecule has 158 valence electrons. The molecule has 4 aliphatic rings. The fraction of sp³-hybridized carbons (Fsp3) is 0.800. The monoisotopic (exact) mass is 420 g/mol. The number of halogens is 3. The highest BCUT2D eigenvalue weighted by molar-refractivity contribution is 7.87. The highest BCUT2D eigenvalue weighted by atomic mass is 32.2. The van der Waals surface area contributed by atoms with Crippen LogP contribution in [0.1, 0.15) is 58.8 Å². The third-order valence-electron chi connectivity index (χ3n) is 8.07. The lowest BCUT2D eigenvalue weighted by molar-refractivity contribution is -0.0584. The first kappa shape index (κ1) is 20.3. The largest absolute Gasteiger partial charge is 0.534 e. The van der Waals surface area contributed by atoms with E-state index in [1.165, 1.54) is 5.57 Å². The summed E-state index contributed by atoms with van der Waals surface area (Å²) in [6.07, 6.45) is 8.71. The van der Waals surface area contributed by atoms with Crippen molar-refractivity contribution in [2.75, 3.05) is 0 Å². The molecule has 0 bridgehead atoms. The van der Waals surface area contributed by atoms with Crippen LogP contribution < -0.4 is 0 Å². The topological polar surface area (TPSA) is 63.6 Å². The van der Waals surface area contributed by atoms with E-state index in [0.717, 1.165) is 25.7 Å². The van der Waals surface area contributed by atoms with Gasteiger partial charge in [0.1, 0.15) is 5.76 Å². The molecule has 28 heavy (non-hydrogen) atoms. The molecule has 4 nitrogen and oxygen atoms in total. The van der Waals surface area contributed by atoms with Gasteiger partial charge in [-0.15, -0.1) is 0 Å². The van der Waals surface area contributed by atoms with Gasteiger partial charge in [0.05, 0.1) is 6.10 Å². The van der Waals surface area contributed by atoms with E-state index in [1.54, 1.807) is 6.08 Å². The molecule has 2 fully saturated rings. The van der Waals surface area contributed by atoms with Gasteiger partial charge in [-0.3, -0.25) is 0 Å². The number of aliphatic hydroxyl groups excluding tert-OH is 1. The van der Waals surface area contributed by atoms with E-state index in [9.17, 15) is 26.7 Å². The summed E-state index contributed by atoms with van der Waals surface area (Å²) in [5.41, 5.74) is -4.77. The predicted octanol–water partition coefficient (Wildman–Crippen LogP) is 4.67. The molecule has 0 aliphatic heterocycles. The zero-order valence-corrected chi connectivity index (χ0v) is 16.9. The van der Waals surface area contributed by atoms with Crippen molar-refractivity contribution in [3.8, 4) is 0 Å². The number of hydrogen-bond acceptors (Lipinski definition) is 4. The second kappa shape index (κ2) is 6.24. The molecule has 0 spiro atoms. The lowest BCUT2D eigenvalue weighted by Gasteiger charge is -2.57. The Morgan fingerprint density at radius 3 is 2.43 bits per heavy atom. The Hall–Kier alpha value is -1.02. The molecule has 0 saturated heterocycles. The van der Waals surface area contributed by atoms with Gasteiger partial charge in [-0.2, -0.15) is 21.6 Å². The van der Waals surface area contributed by atoms with Crippen LogP contribution in [0.5, 0.6) is 0 Å². The van der Waals surface area contributed by atoms with E-state index in [1.807, 2.05) is 6.92 Å². The van der Waals surface area contributed by atoms with Gasteiger partial charge in [0.2, 0.25) is 0 Å². The molecule has 0 heterocycles. The Labute approximate surface area is 164 Å². The van der Waals surface area contributed by atoms with Crippen molar-refractivity contribution in [1.29, 1.82) is 0 Å². The average Bonchev–Trinajstić information content (AvgIpc) is 2.91. The molecule has 1 N–H and O–H groups in total. The minimum Gasteiger partial charge on any atom is -0.393 e. The molecule has 2 saturated carbocycles. The van der Waals surface area contributed by atoms with E-state index in [-0.39, 0.29) is 29.1 Å². The van der Waals surface area contributed by atoms with E-state index in [2.05, 4.69) is 17.2 Å². The smallest absolute Gasteiger partial charge is 0.393 e. The van der Waals surface area contributed by atoms with Crippen molar-refractivity contribution in [2.24, 2.45) is 28.6 Å². The van der Waals surface area contributed by atoms with E-state index in [0.29, 0.717) is 25.2 Å². The van der Waals surface area contributed by atoms with Gasteiger partial charge < -0.3 is 9.29 Å². The average molecular weight is 420 g/mol. The molecule has 0 aromatic heterocycles. The fourth-order valence-electron chi connectivity index (χ4n) is 6.46. The minimum absolute atomic E-state index is 0.0190. The van der Waals surface area contributed by atoms with Crippen molar-refractivity contribution in [1.82, 2.24) is 0 Å². The lowest BCUT2D eigenvalue weighted by atomic mass is 9.48. The molecule has 0 radical (unpaired) electrons. The first-order valence-corrected chi connectivity index (χ1v) is 11.4. The third-order valence-corrected chi connectivity index (χ3v) is 9.04. The zero-order chi connectivity index (χ0) is 20.5. The molecule has 0 aromatic rings. The number of hydrogen-bond donors (Lipinski definition) is 1.